The van der Waals surface area contributed by atoms with Crippen LogP contribution >= 0.6 is 24.0 Å². The van der Waals surface area contributed by atoms with Crippen molar-refractivity contribution in [3.63, 3.8) is 0 Å². The van der Waals surface area contributed by atoms with Gasteiger partial charge in [-0.3, -0.25) is 14.7 Å². The van der Waals surface area contributed by atoms with E-state index in [1.54, 1.807) is 11.9 Å². The van der Waals surface area contributed by atoms with Crippen LogP contribution in [-0.4, -0.2) is 88.3 Å². The lowest BCUT2D eigenvalue weighted by molar-refractivity contribution is -0.133. The maximum absolute atomic E-state index is 12.3. The van der Waals surface area contributed by atoms with E-state index in [2.05, 4.69) is 45.6 Å². The molecule has 1 fully saturated rings. The van der Waals surface area contributed by atoms with Gasteiger partial charge in [0, 0.05) is 52.9 Å². The smallest absolute Gasteiger partial charge is 0.239 e. The van der Waals surface area contributed by atoms with Crippen LogP contribution in [0.5, 0.6) is 5.75 Å². The number of halogens is 1. The Morgan fingerprint density at radius 3 is 2.76 bits per heavy atom. The summed E-state index contributed by atoms with van der Waals surface area (Å²) in [6, 6.07) is 6.26. The number of ether oxygens (including phenoxy) is 2. The highest BCUT2D eigenvalue weighted by molar-refractivity contribution is 14.0. The quantitative estimate of drug-likeness (QED) is 0.173. The molecule has 0 saturated carbocycles. The minimum absolute atomic E-state index is 0. The van der Waals surface area contributed by atoms with Crippen LogP contribution < -0.4 is 15.4 Å². The molecule has 9 heteroatoms. The average molecular weight is 576 g/mol. The zero-order valence-electron chi connectivity index (χ0n) is 20.9. The van der Waals surface area contributed by atoms with E-state index in [0.717, 1.165) is 61.7 Å². The monoisotopic (exact) mass is 575 g/mol. The van der Waals surface area contributed by atoms with Crippen molar-refractivity contribution < 1.29 is 14.3 Å². The Morgan fingerprint density at radius 1 is 1.27 bits per heavy atom. The van der Waals surface area contributed by atoms with Crippen LogP contribution in [0.2, 0.25) is 0 Å². The third kappa shape index (κ3) is 10.1. The first-order valence-corrected chi connectivity index (χ1v) is 11.7. The lowest BCUT2D eigenvalue weighted by Crippen LogP contribution is -2.44. The van der Waals surface area contributed by atoms with Crippen LogP contribution in [0.3, 0.4) is 0 Å². The molecule has 8 nitrogen and oxygen atoms in total. The second-order valence-corrected chi connectivity index (χ2v) is 8.29. The lowest BCUT2D eigenvalue weighted by atomic mass is 10.1. The molecule has 1 amide bonds. The van der Waals surface area contributed by atoms with Gasteiger partial charge in [0.25, 0.3) is 0 Å². The molecule has 1 aromatic rings. The summed E-state index contributed by atoms with van der Waals surface area (Å²) >= 11 is 0. The molecule has 2 N–H and O–H groups in total. The number of likely N-dealkylation sites (N-methyl/N-ethyl adjacent to an activating group) is 1. The maximum atomic E-state index is 12.3. The molecule has 1 heterocycles. The lowest BCUT2D eigenvalue weighted by Gasteiger charge is -2.26. The largest absolute Gasteiger partial charge is 0.491 e. The molecule has 0 radical (unpaired) electrons. The minimum atomic E-state index is 0. The fraction of sp³-hybridized carbons (Fsp3) is 0.667. The van der Waals surface area contributed by atoms with Gasteiger partial charge in [0.05, 0.1) is 12.6 Å². The van der Waals surface area contributed by atoms with Crippen molar-refractivity contribution in [2.75, 3.05) is 60.6 Å². The van der Waals surface area contributed by atoms with Gasteiger partial charge in [-0.15, -0.1) is 24.0 Å². The molecular formula is C24H42IN5O3. The van der Waals surface area contributed by atoms with E-state index in [9.17, 15) is 4.79 Å². The molecule has 188 valence electrons. The van der Waals surface area contributed by atoms with E-state index in [1.807, 2.05) is 21.0 Å². The number of carbonyl (C=O) groups is 1. The molecule has 0 aliphatic carbocycles. The Hall–Kier alpha value is -1.59. The maximum Gasteiger partial charge on any atom is 0.239 e. The van der Waals surface area contributed by atoms with Crippen molar-refractivity contribution >= 4 is 35.8 Å². The number of nitrogens with zero attached hydrogens (tertiary/aromatic N) is 3. The number of nitrogens with one attached hydrogen (secondary N) is 2. The standard InChI is InChI=1S/C24H41N5O3.HI/c1-6-31-15-16-32-22-17-19(2)10-11-20(22)18-27-24(25-3)26-12-8-14-29-13-7-9-21(29)23(30)28(4)5;/h10-11,17,21H,6-9,12-16,18H2,1-5H3,(H2,25,26,27);1H. The van der Waals surface area contributed by atoms with Gasteiger partial charge in [-0.25, -0.2) is 0 Å². The molecule has 0 bridgehead atoms. The van der Waals surface area contributed by atoms with Crippen LogP contribution in [0.15, 0.2) is 23.2 Å². The molecule has 1 atom stereocenters. The predicted octanol–water partition coefficient (Wildman–Crippen LogP) is 2.64. The van der Waals surface area contributed by atoms with Crippen LogP contribution in [0.4, 0.5) is 0 Å². The molecule has 1 unspecified atom stereocenters. The molecule has 1 aromatic carbocycles. The predicted molar refractivity (Wildman–Crippen MR) is 145 cm³/mol. The number of carbonyl (C=O) groups excluding carboxylic acids is 1. The third-order valence-electron chi connectivity index (χ3n) is 5.59. The van der Waals surface area contributed by atoms with Crippen LogP contribution in [0.25, 0.3) is 0 Å². The van der Waals surface area contributed by atoms with Gasteiger partial charge in [-0.2, -0.15) is 0 Å². The van der Waals surface area contributed by atoms with Crippen LogP contribution in [0.1, 0.15) is 37.3 Å². The minimum Gasteiger partial charge on any atom is -0.491 e. The Bertz CT molecular complexity index is 745. The van der Waals surface area contributed by atoms with Gasteiger partial charge in [0.15, 0.2) is 5.96 Å². The van der Waals surface area contributed by atoms with Crippen molar-refractivity contribution in [3.05, 3.63) is 29.3 Å². The topological polar surface area (TPSA) is 78.4 Å². The zero-order valence-corrected chi connectivity index (χ0v) is 23.2. The SMILES string of the molecule is CCOCCOc1cc(C)ccc1CNC(=NC)NCCCN1CCCC1C(=O)N(C)C.I. The highest BCUT2D eigenvalue weighted by atomic mass is 127. The van der Waals surface area contributed by atoms with E-state index < -0.39 is 0 Å². The van der Waals surface area contributed by atoms with Gasteiger partial charge in [0.1, 0.15) is 12.4 Å². The molecule has 0 spiro atoms. The fourth-order valence-electron chi connectivity index (χ4n) is 3.86. The summed E-state index contributed by atoms with van der Waals surface area (Å²) in [5.74, 6) is 1.84. The molecular weight excluding hydrogens is 533 g/mol. The number of guanidine groups is 1. The first-order chi connectivity index (χ1) is 15.5. The average Bonchev–Trinajstić information content (AvgIpc) is 3.25. The van der Waals surface area contributed by atoms with Crippen LogP contribution in [0, 0.1) is 6.92 Å². The highest BCUT2D eigenvalue weighted by Gasteiger charge is 2.30. The molecule has 33 heavy (non-hydrogen) atoms. The second kappa shape index (κ2) is 16.1. The molecule has 1 saturated heterocycles. The zero-order chi connectivity index (χ0) is 23.3. The van der Waals surface area contributed by atoms with Crippen molar-refractivity contribution in [2.24, 2.45) is 4.99 Å². The highest BCUT2D eigenvalue weighted by Crippen LogP contribution is 2.20. The number of aliphatic imine (C=N–C) groups is 1. The van der Waals surface area contributed by atoms with Crippen LogP contribution in [-0.2, 0) is 16.1 Å². The number of hydrogen-bond donors (Lipinski definition) is 2. The Morgan fingerprint density at radius 2 is 2.06 bits per heavy atom. The summed E-state index contributed by atoms with van der Waals surface area (Å²) < 4.78 is 11.3. The van der Waals surface area contributed by atoms with Gasteiger partial charge in [-0.1, -0.05) is 12.1 Å². The van der Waals surface area contributed by atoms with Gasteiger partial charge >= 0.3 is 0 Å². The third-order valence-corrected chi connectivity index (χ3v) is 5.59. The second-order valence-electron chi connectivity index (χ2n) is 8.29. The van der Waals surface area contributed by atoms with Gasteiger partial charge in [0.2, 0.25) is 5.91 Å². The summed E-state index contributed by atoms with van der Waals surface area (Å²) in [6.45, 7) is 9.17. The summed E-state index contributed by atoms with van der Waals surface area (Å²) in [5, 5.41) is 6.75. The number of aryl methyl sites for hydroxylation is 1. The molecule has 1 aliphatic heterocycles. The first kappa shape index (κ1) is 29.4. The van der Waals surface area contributed by atoms with Gasteiger partial charge in [-0.05, 0) is 51.3 Å². The van der Waals surface area contributed by atoms with E-state index in [-0.39, 0.29) is 35.9 Å². The Kier molecular flexibility index (Phi) is 14.4. The van der Waals surface area contributed by atoms with E-state index in [4.69, 9.17) is 9.47 Å². The van der Waals surface area contributed by atoms with Crippen molar-refractivity contribution in [2.45, 2.75) is 45.7 Å². The summed E-state index contributed by atoms with van der Waals surface area (Å²) in [5.41, 5.74) is 2.24. The molecule has 1 aliphatic rings. The van der Waals surface area contributed by atoms with Crippen molar-refractivity contribution in [1.29, 1.82) is 0 Å². The fourth-order valence-corrected chi connectivity index (χ4v) is 3.86. The van der Waals surface area contributed by atoms with Crippen molar-refractivity contribution in [1.82, 2.24) is 20.4 Å². The Balaban J connectivity index is 0.00000544. The van der Waals surface area contributed by atoms with E-state index in [1.165, 1.54) is 0 Å². The number of amides is 1. The Labute approximate surface area is 216 Å². The summed E-state index contributed by atoms with van der Waals surface area (Å²) in [6.07, 6.45) is 3.00. The van der Waals surface area contributed by atoms with Crippen molar-refractivity contribution in [3.8, 4) is 5.75 Å². The number of hydrogen-bond acceptors (Lipinski definition) is 5. The van der Waals surface area contributed by atoms with E-state index >= 15 is 0 Å². The van der Waals surface area contributed by atoms with Gasteiger partial charge < -0.3 is 25.0 Å². The van der Waals surface area contributed by atoms with E-state index in [0.29, 0.717) is 26.4 Å². The molecule has 2 rings (SSSR count). The first-order valence-electron chi connectivity index (χ1n) is 11.7. The normalized spacial score (nSPS) is 16.3. The summed E-state index contributed by atoms with van der Waals surface area (Å²) in [4.78, 5) is 20.7. The summed E-state index contributed by atoms with van der Waals surface area (Å²) in [7, 11) is 5.44. The molecule has 0 aromatic heterocycles. The number of rotatable bonds is 12. The number of likely N-dealkylation sites (tertiary alicyclic amines) is 1. The number of benzene rings is 1.